The monoisotopic (exact) mass is 334 g/mol. The molecule has 0 unspecified atom stereocenters. The number of fused-ring (bicyclic) bond motifs is 1. The number of nitrogens with zero attached hydrogens (tertiary/aromatic N) is 1. The lowest BCUT2D eigenvalue weighted by molar-refractivity contribution is 0.0496. The first-order valence-corrected chi connectivity index (χ1v) is 7.93. The Morgan fingerprint density at radius 1 is 1.35 bits per heavy atom. The summed E-state index contributed by atoms with van der Waals surface area (Å²) in [5.41, 5.74) is 1.00. The molecule has 2 heterocycles. The highest BCUT2D eigenvalue weighted by molar-refractivity contribution is 9.10. The third-order valence-electron chi connectivity index (χ3n) is 3.95. The number of rotatable bonds is 3. The van der Waals surface area contributed by atoms with E-state index in [1.165, 1.54) is 6.42 Å². The molecule has 1 fully saturated rings. The number of halogens is 1. The summed E-state index contributed by atoms with van der Waals surface area (Å²) in [6.07, 6.45) is 2.39. The van der Waals surface area contributed by atoms with Crippen LogP contribution in [0.25, 0.3) is 10.9 Å². The van der Waals surface area contributed by atoms with Crippen LogP contribution in [0.4, 0.5) is 5.82 Å². The van der Waals surface area contributed by atoms with Crippen LogP contribution in [-0.4, -0.2) is 24.2 Å². The van der Waals surface area contributed by atoms with E-state index in [9.17, 15) is 0 Å². The van der Waals surface area contributed by atoms with Gasteiger partial charge in [0.05, 0.1) is 12.1 Å². The quantitative estimate of drug-likeness (QED) is 0.912. The highest BCUT2D eigenvalue weighted by Crippen LogP contribution is 2.25. The van der Waals surface area contributed by atoms with Crippen LogP contribution in [0.2, 0.25) is 0 Å². The van der Waals surface area contributed by atoms with Crippen LogP contribution in [0.15, 0.2) is 34.8 Å². The third kappa shape index (κ3) is 2.96. The molecule has 20 heavy (non-hydrogen) atoms. The first kappa shape index (κ1) is 13.8. The van der Waals surface area contributed by atoms with Crippen molar-refractivity contribution in [1.29, 1.82) is 0 Å². The van der Waals surface area contributed by atoms with E-state index in [1.54, 1.807) is 0 Å². The van der Waals surface area contributed by atoms with Crippen molar-refractivity contribution in [1.82, 2.24) is 4.98 Å². The molecule has 0 saturated carbocycles. The summed E-state index contributed by atoms with van der Waals surface area (Å²) in [5, 5.41) is 4.67. The molecule has 2 aromatic rings. The number of nitrogens with one attached hydrogen (secondary N) is 1. The number of anilines is 1. The smallest absolute Gasteiger partial charge is 0.126 e. The second-order valence-corrected chi connectivity index (χ2v) is 6.27. The number of ether oxygens (including phenoxy) is 1. The van der Waals surface area contributed by atoms with Crippen molar-refractivity contribution in [3.8, 4) is 0 Å². The predicted octanol–water partition coefficient (Wildman–Crippen LogP) is 4.22. The Bertz CT molecular complexity index is 596. The molecule has 0 amide bonds. The van der Waals surface area contributed by atoms with Gasteiger partial charge in [-0.25, -0.2) is 4.98 Å². The second kappa shape index (κ2) is 6.10. The van der Waals surface area contributed by atoms with Crippen LogP contribution < -0.4 is 5.32 Å². The van der Waals surface area contributed by atoms with Crippen molar-refractivity contribution in [3.63, 3.8) is 0 Å². The summed E-state index contributed by atoms with van der Waals surface area (Å²) in [6.45, 7) is 3.97. The van der Waals surface area contributed by atoms with Crippen molar-refractivity contribution >= 4 is 32.7 Å². The van der Waals surface area contributed by atoms with E-state index in [-0.39, 0.29) is 0 Å². The highest BCUT2D eigenvalue weighted by atomic mass is 79.9. The van der Waals surface area contributed by atoms with Gasteiger partial charge in [0.2, 0.25) is 0 Å². The molecule has 1 aliphatic heterocycles. The molecule has 3 nitrogen and oxygen atoms in total. The van der Waals surface area contributed by atoms with Crippen molar-refractivity contribution in [2.45, 2.75) is 25.8 Å². The van der Waals surface area contributed by atoms with Crippen molar-refractivity contribution in [2.75, 3.05) is 18.5 Å². The minimum Gasteiger partial charge on any atom is -0.381 e. The van der Waals surface area contributed by atoms with Gasteiger partial charge in [0.25, 0.3) is 0 Å². The van der Waals surface area contributed by atoms with Crippen molar-refractivity contribution < 1.29 is 4.74 Å². The Morgan fingerprint density at radius 2 is 2.25 bits per heavy atom. The van der Waals surface area contributed by atoms with Gasteiger partial charge in [0.15, 0.2) is 0 Å². The Balaban J connectivity index is 1.78. The maximum absolute atomic E-state index is 5.56. The van der Waals surface area contributed by atoms with Crippen LogP contribution in [0.1, 0.15) is 19.8 Å². The first-order valence-electron chi connectivity index (χ1n) is 7.13. The van der Waals surface area contributed by atoms with E-state index in [1.807, 2.05) is 12.1 Å². The van der Waals surface area contributed by atoms with E-state index >= 15 is 0 Å². The lowest BCUT2D eigenvalue weighted by Crippen LogP contribution is -2.32. The molecule has 4 heteroatoms. The van der Waals surface area contributed by atoms with E-state index < -0.39 is 0 Å². The molecule has 0 spiro atoms. The zero-order valence-corrected chi connectivity index (χ0v) is 13.2. The molecule has 106 valence electrons. The summed E-state index contributed by atoms with van der Waals surface area (Å²) in [5.74, 6) is 1.50. The van der Waals surface area contributed by atoms with E-state index in [0.29, 0.717) is 12.0 Å². The number of para-hydroxylation sites is 1. The van der Waals surface area contributed by atoms with E-state index in [2.05, 4.69) is 46.4 Å². The van der Waals surface area contributed by atoms with Gasteiger partial charge in [-0.05, 0) is 53.9 Å². The summed E-state index contributed by atoms with van der Waals surface area (Å²) in [7, 11) is 0. The van der Waals surface area contributed by atoms with Gasteiger partial charge in [0, 0.05) is 28.4 Å². The fourth-order valence-electron chi connectivity index (χ4n) is 2.70. The normalized spacial score (nSPS) is 20.8. The van der Waals surface area contributed by atoms with Crippen LogP contribution >= 0.6 is 15.9 Å². The molecule has 1 N–H and O–H groups in total. The Hall–Kier alpha value is -1.13. The molecule has 0 radical (unpaired) electrons. The van der Waals surface area contributed by atoms with Gasteiger partial charge in [-0.3, -0.25) is 0 Å². The Kier molecular flexibility index (Phi) is 4.22. The van der Waals surface area contributed by atoms with Gasteiger partial charge >= 0.3 is 0 Å². The topological polar surface area (TPSA) is 34.2 Å². The minimum absolute atomic E-state index is 0.378. The first-order chi connectivity index (χ1) is 9.74. The second-order valence-electron chi connectivity index (χ2n) is 5.42. The van der Waals surface area contributed by atoms with Crippen molar-refractivity contribution in [2.24, 2.45) is 5.92 Å². The van der Waals surface area contributed by atoms with Gasteiger partial charge in [-0.2, -0.15) is 0 Å². The molecule has 0 aliphatic carbocycles. The molecule has 3 rings (SSSR count). The average molecular weight is 335 g/mol. The van der Waals surface area contributed by atoms with Gasteiger partial charge in [0.1, 0.15) is 5.82 Å². The number of hydrogen-bond donors (Lipinski definition) is 1. The van der Waals surface area contributed by atoms with Crippen LogP contribution in [0, 0.1) is 5.92 Å². The minimum atomic E-state index is 0.378. The van der Waals surface area contributed by atoms with E-state index in [4.69, 9.17) is 9.72 Å². The van der Waals surface area contributed by atoms with Crippen LogP contribution in [0.5, 0.6) is 0 Å². The summed E-state index contributed by atoms with van der Waals surface area (Å²) in [6, 6.07) is 10.7. The molecular weight excluding hydrogens is 316 g/mol. The summed E-state index contributed by atoms with van der Waals surface area (Å²) >= 11 is 3.56. The Morgan fingerprint density at radius 3 is 3.05 bits per heavy atom. The predicted molar refractivity (Wildman–Crippen MR) is 86.1 cm³/mol. The molecule has 0 bridgehead atoms. The Labute approximate surface area is 127 Å². The van der Waals surface area contributed by atoms with Crippen LogP contribution in [0.3, 0.4) is 0 Å². The standard InChI is InChI=1S/C16H19BrN2O/c1-11(13-5-3-9-20-10-13)18-15-8-7-12-4-2-6-14(17)16(12)19-15/h2,4,6-8,11,13H,3,5,9-10H2,1H3,(H,18,19)/t11-,13-/m0/s1. The van der Waals surface area contributed by atoms with Crippen LogP contribution in [-0.2, 0) is 4.74 Å². The number of benzene rings is 1. The van der Waals surface area contributed by atoms with Gasteiger partial charge < -0.3 is 10.1 Å². The molecular formula is C16H19BrN2O. The lowest BCUT2D eigenvalue weighted by Gasteiger charge is -2.28. The fraction of sp³-hybridized carbons (Fsp3) is 0.438. The SMILES string of the molecule is C[C@H](Nc1ccc2cccc(Br)c2n1)[C@H]1CCCOC1. The summed E-state index contributed by atoms with van der Waals surface area (Å²) in [4.78, 5) is 4.71. The largest absolute Gasteiger partial charge is 0.381 e. The number of aromatic nitrogens is 1. The van der Waals surface area contributed by atoms with Gasteiger partial charge in [-0.15, -0.1) is 0 Å². The highest BCUT2D eigenvalue weighted by Gasteiger charge is 2.20. The van der Waals surface area contributed by atoms with Crippen molar-refractivity contribution in [3.05, 3.63) is 34.8 Å². The molecule has 1 aliphatic rings. The van der Waals surface area contributed by atoms with Gasteiger partial charge in [-0.1, -0.05) is 12.1 Å². The molecule has 2 atom stereocenters. The third-order valence-corrected chi connectivity index (χ3v) is 4.59. The molecule has 1 aromatic heterocycles. The maximum atomic E-state index is 5.56. The number of hydrogen-bond acceptors (Lipinski definition) is 3. The summed E-state index contributed by atoms with van der Waals surface area (Å²) < 4.78 is 6.60. The zero-order valence-electron chi connectivity index (χ0n) is 11.6. The molecule has 1 aromatic carbocycles. The average Bonchev–Trinajstić information content (AvgIpc) is 2.49. The van der Waals surface area contributed by atoms with E-state index in [0.717, 1.165) is 40.8 Å². The fourth-order valence-corrected chi connectivity index (χ4v) is 3.17. The zero-order chi connectivity index (χ0) is 13.9. The maximum Gasteiger partial charge on any atom is 0.126 e. The molecule has 1 saturated heterocycles. The number of pyridine rings is 1. The lowest BCUT2D eigenvalue weighted by atomic mass is 9.95.